The number of rotatable bonds is 4. The Labute approximate surface area is 163 Å². The Morgan fingerprint density at radius 1 is 0.857 bits per heavy atom. The molecule has 0 fully saturated rings. The Morgan fingerprint density at radius 2 is 1.61 bits per heavy atom. The lowest BCUT2D eigenvalue weighted by molar-refractivity contribution is 0.306. The van der Waals surface area contributed by atoms with Crippen LogP contribution in [0.2, 0.25) is 0 Å². The molecule has 2 heterocycles. The zero-order valence-corrected chi connectivity index (χ0v) is 15.5. The summed E-state index contributed by atoms with van der Waals surface area (Å²) in [4.78, 5) is 4.88. The minimum atomic E-state index is 0.558. The molecule has 5 rings (SSSR count). The lowest BCUT2D eigenvalue weighted by atomic mass is 10.1. The highest BCUT2D eigenvalue weighted by molar-refractivity contribution is 5.94. The molecular weight excluding hydrogens is 346 g/mol. The Morgan fingerprint density at radius 3 is 2.43 bits per heavy atom. The van der Waals surface area contributed by atoms with Crippen molar-refractivity contribution in [2.24, 2.45) is 0 Å². The van der Waals surface area contributed by atoms with E-state index >= 15 is 0 Å². The molecule has 0 unspecified atom stereocenters. The topological polar surface area (TPSA) is 39.4 Å². The molecule has 4 nitrogen and oxygen atoms in total. The molecule has 0 spiro atoms. The highest BCUT2D eigenvalue weighted by Crippen LogP contribution is 2.29. The molecule has 136 valence electrons. The van der Waals surface area contributed by atoms with Gasteiger partial charge in [-0.25, -0.2) is 9.50 Å². The van der Waals surface area contributed by atoms with Gasteiger partial charge in [-0.3, -0.25) is 0 Å². The molecule has 28 heavy (non-hydrogen) atoms. The second-order valence-corrected chi connectivity index (χ2v) is 6.83. The normalized spacial score (nSPS) is 11.2. The van der Waals surface area contributed by atoms with Crippen LogP contribution in [0.5, 0.6) is 5.75 Å². The smallest absolute Gasteiger partial charge is 0.156 e. The van der Waals surface area contributed by atoms with Crippen LogP contribution in [0.3, 0.4) is 0 Å². The van der Waals surface area contributed by atoms with Crippen molar-refractivity contribution in [1.29, 1.82) is 0 Å². The van der Waals surface area contributed by atoms with E-state index < -0.39 is 0 Å². The third-order valence-electron chi connectivity index (χ3n) is 4.80. The highest BCUT2D eigenvalue weighted by Gasteiger charge is 2.11. The van der Waals surface area contributed by atoms with Crippen LogP contribution in [0, 0.1) is 6.92 Å². The molecule has 2 aromatic heterocycles. The predicted molar refractivity (Wildman–Crippen MR) is 111 cm³/mol. The minimum Gasteiger partial charge on any atom is -0.489 e. The average molecular weight is 365 g/mol. The molecule has 0 aliphatic carbocycles. The molecule has 0 atom stereocenters. The van der Waals surface area contributed by atoms with Crippen molar-refractivity contribution in [3.63, 3.8) is 0 Å². The van der Waals surface area contributed by atoms with E-state index in [9.17, 15) is 0 Å². The summed E-state index contributed by atoms with van der Waals surface area (Å²) in [6.07, 6.45) is 0. The monoisotopic (exact) mass is 365 g/mol. The minimum absolute atomic E-state index is 0.558. The van der Waals surface area contributed by atoms with Crippen molar-refractivity contribution in [3.8, 4) is 17.0 Å². The van der Waals surface area contributed by atoms with Crippen LogP contribution in [0.25, 0.3) is 27.8 Å². The third kappa shape index (κ3) is 2.99. The van der Waals surface area contributed by atoms with Gasteiger partial charge in [0.15, 0.2) is 5.65 Å². The van der Waals surface area contributed by atoms with Crippen molar-refractivity contribution in [2.75, 3.05) is 0 Å². The van der Waals surface area contributed by atoms with Crippen molar-refractivity contribution in [1.82, 2.24) is 14.6 Å². The van der Waals surface area contributed by atoms with Crippen LogP contribution in [0.15, 0.2) is 84.9 Å². The number of aryl methyl sites for hydroxylation is 1. The predicted octanol–water partition coefficient (Wildman–Crippen LogP) is 5.44. The summed E-state index contributed by atoms with van der Waals surface area (Å²) in [5.41, 5.74) is 6.04. The molecule has 0 amide bonds. The van der Waals surface area contributed by atoms with Gasteiger partial charge in [-0.15, -0.1) is 0 Å². The molecule has 3 aromatic carbocycles. The van der Waals surface area contributed by atoms with Crippen LogP contribution >= 0.6 is 0 Å². The maximum atomic E-state index is 5.91. The fourth-order valence-electron chi connectivity index (χ4n) is 3.45. The van der Waals surface area contributed by atoms with E-state index in [1.165, 1.54) is 0 Å². The van der Waals surface area contributed by atoms with E-state index in [0.29, 0.717) is 6.61 Å². The molecule has 0 aliphatic rings. The molecule has 0 saturated carbocycles. The maximum Gasteiger partial charge on any atom is 0.156 e. The number of ether oxygens (including phenoxy) is 1. The van der Waals surface area contributed by atoms with Gasteiger partial charge in [0.05, 0.1) is 16.9 Å². The van der Waals surface area contributed by atoms with Gasteiger partial charge in [-0.05, 0) is 42.8 Å². The molecule has 4 heteroatoms. The summed E-state index contributed by atoms with van der Waals surface area (Å²) in [5, 5.41) is 5.66. The molecule has 0 bridgehead atoms. The second-order valence-electron chi connectivity index (χ2n) is 6.83. The van der Waals surface area contributed by atoms with Crippen LogP contribution < -0.4 is 4.74 Å². The van der Waals surface area contributed by atoms with E-state index in [0.717, 1.165) is 44.8 Å². The van der Waals surface area contributed by atoms with Gasteiger partial charge in [-0.1, -0.05) is 48.5 Å². The summed E-state index contributed by atoms with van der Waals surface area (Å²) in [7, 11) is 0. The van der Waals surface area contributed by atoms with Crippen molar-refractivity contribution < 1.29 is 4.74 Å². The molecule has 0 radical (unpaired) electrons. The van der Waals surface area contributed by atoms with Crippen LogP contribution in [-0.4, -0.2) is 14.6 Å². The summed E-state index contributed by atoms with van der Waals surface area (Å²) >= 11 is 0. The Bertz CT molecular complexity index is 1260. The molecule has 0 saturated heterocycles. The number of benzene rings is 3. The first-order valence-corrected chi connectivity index (χ1v) is 9.30. The zero-order chi connectivity index (χ0) is 18.9. The van der Waals surface area contributed by atoms with Crippen molar-refractivity contribution in [3.05, 3.63) is 96.2 Å². The maximum absolute atomic E-state index is 5.91. The SMILES string of the molecule is Cc1cc2nc(-c3ccc(OCc4ccccc4)cc3)c3ccccc3n2n1. The van der Waals surface area contributed by atoms with E-state index in [2.05, 4.69) is 41.5 Å². The standard InChI is InChI=1S/C24H19N3O/c1-17-15-23-25-24(21-9-5-6-10-22(21)27(23)26-17)19-11-13-20(14-12-19)28-16-18-7-3-2-4-8-18/h2-15H,16H2,1H3. The summed E-state index contributed by atoms with van der Waals surface area (Å²) in [5.74, 6) is 0.846. The Hall–Kier alpha value is -3.66. The van der Waals surface area contributed by atoms with E-state index in [1.807, 2.05) is 60.0 Å². The number of hydrogen-bond donors (Lipinski definition) is 0. The first kappa shape index (κ1) is 16.5. The molecule has 0 aliphatic heterocycles. The second kappa shape index (κ2) is 6.82. The lowest BCUT2D eigenvalue weighted by Crippen LogP contribution is -1.97. The highest BCUT2D eigenvalue weighted by atomic mass is 16.5. The Kier molecular flexibility index (Phi) is 4.02. The van der Waals surface area contributed by atoms with Crippen LogP contribution in [-0.2, 0) is 6.61 Å². The quantitative estimate of drug-likeness (QED) is 0.426. The van der Waals surface area contributed by atoms with Gasteiger partial charge >= 0.3 is 0 Å². The van der Waals surface area contributed by atoms with Gasteiger partial charge in [-0.2, -0.15) is 5.10 Å². The first-order valence-electron chi connectivity index (χ1n) is 9.30. The summed E-state index contributed by atoms with van der Waals surface area (Å²) in [6, 6.07) is 28.5. The van der Waals surface area contributed by atoms with Crippen LogP contribution in [0.1, 0.15) is 11.3 Å². The van der Waals surface area contributed by atoms with E-state index in [-0.39, 0.29) is 0 Å². The first-order chi connectivity index (χ1) is 13.8. The largest absolute Gasteiger partial charge is 0.489 e. The average Bonchev–Trinajstić information content (AvgIpc) is 3.13. The number of fused-ring (bicyclic) bond motifs is 3. The zero-order valence-electron chi connectivity index (χ0n) is 15.5. The molecular formula is C24H19N3O. The van der Waals surface area contributed by atoms with Gasteiger partial charge in [0.2, 0.25) is 0 Å². The Balaban J connectivity index is 1.51. The van der Waals surface area contributed by atoms with Crippen LogP contribution in [0.4, 0.5) is 0 Å². The van der Waals surface area contributed by atoms with E-state index in [4.69, 9.17) is 9.72 Å². The van der Waals surface area contributed by atoms with Crippen molar-refractivity contribution in [2.45, 2.75) is 13.5 Å². The number of para-hydroxylation sites is 1. The van der Waals surface area contributed by atoms with Gasteiger partial charge in [0, 0.05) is 17.0 Å². The number of aromatic nitrogens is 3. The third-order valence-corrected chi connectivity index (χ3v) is 4.80. The number of hydrogen-bond acceptors (Lipinski definition) is 3. The molecule has 0 N–H and O–H groups in total. The fourth-order valence-corrected chi connectivity index (χ4v) is 3.45. The van der Waals surface area contributed by atoms with Crippen molar-refractivity contribution >= 4 is 16.6 Å². The number of nitrogens with zero attached hydrogens (tertiary/aromatic N) is 3. The van der Waals surface area contributed by atoms with E-state index in [1.54, 1.807) is 0 Å². The summed E-state index contributed by atoms with van der Waals surface area (Å²) in [6.45, 7) is 2.55. The van der Waals surface area contributed by atoms with Gasteiger partial charge in [0.1, 0.15) is 12.4 Å². The van der Waals surface area contributed by atoms with Gasteiger partial charge in [0.25, 0.3) is 0 Å². The summed E-state index contributed by atoms with van der Waals surface area (Å²) < 4.78 is 7.82. The van der Waals surface area contributed by atoms with Gasteiger partial charge < -0.3 is 4.74 Å². The lowest BCUT2D eigenvalue weighted by Gasteiger charge is -2.10. The fraction of sp³-hybridized carbons (Fsp3) is 0.0833. The molecule has 5 aromatic rings.